The van der Waals surface area contributed by atoms with Gasteiger partial charge in [0.25, 0.3) is 0 Å². The number of ketones is 2. The van der Waals surface area contributed by atoms with E-state index >= 15 is 0 Å². The van der Waals surface area contributed by atoms with Gasteiger partial charge in [-0.05, 0) is 24.3 Å². The van der Waals surface area contributed by atoms with Crippen molar-refractivity contribution in [1.82, 2.24) is 0 Å². The largest absolute Gasteiger partial charge is 0.457 e. The van der Waals surface area contributed by atoms with Crippen LogP contribution in [0.25, 0.3) is 0 Å². The number of halogens is 3. The molecule has 0 heterocycles. The molecule has 1 aliphatic carbocycles. The fraction of sp³-hybridized carbons (Fsp3) is 0.105. The lowest BCUT2D eigenvalue weighted by atomic mass is 9.90. The Morgan fingerprint density at radius 1 is 0.962 bits per heavy atom. The number of carbonyl (C=O) groups is 3. The average molecular weight is 360 g/mol. The summed E-state index contributed by atoms with van der Waals surface area (Å²) in [6, 6.07) is 9.98. The van der Waals surface area contributed by atoms with Gasteiger partial charge in [-0.2, -0.15) is 13.2 Å². The molecular formula is C19H11F3O4. The Morgan fingerprint density at radius 3 is 2.35 bits per heavy atom. The summed E-state index contributed by atoms with van der Waals surface area (Å²) in [5, 5.41) is 0. The number of ether oxygens (including phenoxy) is 1. The summed E-state index contributed by atoms with van der Waals surface area (Å²) in [7, 11) is 0. The lowest BCUT2D eigenvalue weighted by Crippen LogP contribution is -2.21. The number of rotatable bonds is 3. The van der Waals surface area contributed by atoms with Gasteiger partial charge in [0.1, 0.15) is 6.61 Å². The normalized spacial score (nSPS) is 13.9. The fourth-order valence-corrected chi connectivity index (χ4v) is 2.53. The van der Waals surface area contributed by atoms with Crippen molar-refractivity contribution < 1.29 is 32.3 Å². The number of allylic oxidation sites excluding steroid dienone is 1. The van der Waals surface area contributed by atoms with Crippen LogP contribution in [0.1, 0.15) is 36.6 Å². The molecule has 26 heavy (non-hydrogen) atoms. The SMILES string of the molecule is O=C(OCC1=CC(=O)c2ccccc2C1=O)c1cccc(C(F)(F)F)c1. The molecule has 0 atom stereocenters. The highest BCUT2D eigenvalue weighted by molar-refractivity contribution is 6.24. The van der Waals surface area contributed by atoms with Gasteiger partial charge in [-0.1, -0.05) is 30.3 Å². The van der Waals surface area contributed by atoms with Gasteiger partial charge in [0.2, 0.25) is 0 Å². The summed E-state index contributed by atoms with van der Waals surface area (Å²) in [4.78, 5) is 36.3. The molecule has 0 fully saturated rings. The van der Waals surface area contributed by atoms with E-state index in [-0.39, 0.29) is 22.3 Å². The topological polar surface area (TPSA) is 60.4 Å². The van der Waals surface area contributed by atoms with Crippen LogP contribution in [-0.4, -0.2) is 24.1 Å². The van der Waals surface area contributed by atoms with Crippen molar-refractivity contribution in [2.24, 2.45) is 0 Å². The Hall–Kier alpha value is -3.22. The first-order chi connectivity index (χ1) is 12.3. The molecule has 4 nitrogen and oxygen atoms in total. The molecule has 3 rings (SSSR count). The highest BCUT2D eigenvalue weighted by Crippen LogP contribution is 2.29. The lowest BCUT2D eigenvalue weighted by Gasteiger charge is -2.15. The van der Waals surface area contributed by atoms with Gasteiger partial charge in [-0.3, -0.25) is 9.59 Å². The zero-order valence-electron chi connectivity index (χ0n) is 13.2. The summed E-state index contributed by atoms with van der Waals surface area (Å²) >= 11 is 0. The van der Waals surface area contributed by atoms with Crippen LogP contribution in [0.3, 0.4) is 0 Å². The van der Waals surface area contributed by atoms with Gasteiger partial charge in [0, 0.05) is 16.7 Å². The first kappa shape index (κ1) is 17.6. The molecule has 0 bridgehead atoms. The molecule has 0 saturated heterocycles. The van der Waals surface area contributed by atoms with Crippen molar-refractivity contribution >= 4 is 17.5 Å². The zero-order valence-corrected chi connectivity index (χ0v) is 13.2. The molecule has 0 saturated carbocycles. The Labute approximate surface area is 145 Å². The monoisotopic (exact) mass is 360 g/mol. The fourth-order valence-electron chi connectivity index (χ4n) is 2.53. The van der Waals surface area contributed by atoms with Crippen molar-refractivity contribution in [2.45, 2.75) is 6.18 Å². The van der Waals surface area contributed by atoms with Crippen molar-refractivity contribution in [3.63, 3.8) is 0 Å². The first-order valence-corrected chi connectivity index (χ1v) is 7.50. The molecule has 0 amide bonds. The summed E-state index contributed by atoms with van der Waals surface area (Å²) in [6.07, 6.45) is -3.52. The number of alkyl halides is 3. The molecule has 2 aromatic carbocycles. The molecular weight excluding hydrogens is 349 g/mol. The van der Waals surface area contributed by atoms with Gasteiger partial charge in [-0.25, -0.2) is 4.79 Å². The summed E-state index contributed by atoms with van der Waals surface area (Å²) in [5.74, 6) is -1.88. The second kappa shape index (κ2) is 6.59. The molecule has 2 aromatic rings. The van der Waals surface area contributed by atoms with Crippen molar-refractivity contribution in [1.29, 1.82) is 0 Å². The van der Waals surface area contributed by atoms with Crippen LogP contribution in [0.4, 0.5) is 13.2 Å². The highest BCUT2D eigenvalue weighted by Gasteiger charge is 2.31. The van der Waals surface area contributed by atoms with E-state index in [4.69, 9.17) is 4.74 Å². The Balaban J connectivity index is 1.75. The Kier molecular flexibility index (Phi) is 4.46. The van der Waals surface area contributed by atoms with E-state index in [2.05, 4.69) is 0 Å². The number of Topliss-reactive ketones (excluding diaryl/α,β-unsaturated/α-hetero) is 1. The second-order valence-corrected chi connectivity index (χ2v) is 5.56. The maximum absolute atomic E-state index is 12.7. The lowest BCUT2D eigenvalue weighted by molar-refractivity contribution is -0.137. The third-order valence-electron chi connectivity index (χ3n) is 3.82. The minimum absolute atomic E-state index is 0.0333. The second-order valence-electron chi connectivity index (χ2n) is 5.56. The molecule has 0 radical (unpaired) electrons. The molecule has 0 aliphatic heterocycles. The van der Waals surface area contributed by atoms with Crippen LogP contribution < -0.4 is 0 Å². The van der Waals surface area contributed by atoms with Crippen molar-refractivity contribution in [3.05, 3.63) is 82.4 Å². The van der Waals surface area contributed by atoms with E-state index in [1.165, 1.54) is 18.2 Å². The third kappa shape index (κ3) is 3.42. The molecule has 132 valence electrons. The minimum Gasteiger partial charge on any atom is -0.457 e. The van der Waals surface area contributed by atoms with Gasteiger partial charge in [0.05, 0.1) is 11.1 Å². The molecule has 7 heteroatoms. The number of esters is 1. The highest BCUT2D eigenvalue weighted by atomic mass is 19.4. The Bertz CT molecular complexity index is 942. The van der Waals surface area contributed by atoms with Crippen LogP contribution >= 0.6 is 0 Å². The molecule has 0 N–H and O–H groups in total. The van der Waals surface area contributed by atoms with E-state index in [1.54, 1.807) is 12.1 Å². The Morgan fingerprint density at radius 2 is 1.65 bits per heavy atom. The number of benzene rings is 2. The smallest absolute Gasteiger partial charge is 0.416 e. The van der Waals surface area contributed by atoms with Gasteiger partial charge < -0.3 is 4.74 Å². The average Bonchev–Trinajstić information content (AvgIpc) is 2.62. The van der Waals surface area contributed by atoms with Crippen molar-refractivity contribution in [3.8, 4) is 0 Å². The maximum atomic E-state index is 12.7. The predicted molar refractivity (Wildman–Crippen MR) is 84.9 cm³/mol. The zero-order chi connectivity index (χ0) is 18.9. The van der Waals surface area contributed by atoms with Gasteiger partial charge in [0.15, 0.2) is 11.6 Å². The number of carbonyl (C=O) groups excluding carboxylic acids is 3. The quantitative estimate of drug-likeness (QED) is 0.780. The molecule has 1 aliphatic rings. The first-order valence-electron chi connectivity index (χ1n) is 7.50. The van der Waals surface area contributed by atoms with E-state index in [0.29, 0.717) is 6.07 Å². The molecule has 0 unspecified atom stereocenters. The minimum atomic E-state index is -4.59. The van der Waals surface area contributed by atoms with Crippen LogP contribution in [0.5, 0.6) is 0 Å². The van der Waals surface area contributed by atoms with Crippen LogP contribution in [0.2, 0.25) is 0 Å². The summed E-state index contributed by atoms with van der Waals surface area (Å²) in [6.45, 7) is -0.506. The predicted octanol–water partition coefficient (Wildman–Crippen LogP) is 3.87. The number of fused-ring (bicyclic) bond motifs is 1. The van der Waals surface area contributed by atoms with Crippen LogP contribution in [0.15, 0.2) is 60.2 Å². The standard InChI is InChI=1S/C19H11F3O4/c20-19(21,22)13-5-3-4-11(8-13)18(25)26-10-12-9-16(23)14-6-1-2-7-15(14)17(12)24/h1-9H,10H2. The van der Waals surface area contributed by atoms with E-state index < -0.39 is 35.9 Å². The number of hydrogen-bond donors (Lipinski definition) is 0. The van der Waals surface area contributed by atoms with Gasteiger partial charge in [-0.15, -0.1) is 0 Å². The number of hydrogen-bond acceptors (Lipinski definition) is 4. The van der Waals surface area contributed by atoms with E-state index in [9.17, 15) is 27.6 Å². The maximum Gasteiger partial charge on any atom is 0.416 e. The van der Waals surface area contributed by atoms with Crippen molar-refractivity contribution in [2.75, 3.05) is 6.61 Å². The van der Waals surface area contributed by atoms with Crippen LogP contribution in [-0.2, 0) is 10.9 Å². The van der Waals surface area contributed by atoms with E-state index in [1.807, 2.05) is 0 Å². The molecule has 0 aromatic heterocycles. The summed E-state index contributed by atoms with van der Waals surface area (Å²) < 4.78 is 43.0. The van der Waals surface area contributed by atoms with Crippen LogP contribution in [0, 0.1) is 0 Å². The van der Waals surface area contributed by atoms with Gasteiger partial charge >= 0.3 is 12.1 Å². The summed E-state index contributed by atoms with van der Waals surface area (Å²) in [5.41, 5.74) is -0.857. The molecule has 0 spiro atoms. The third-order valence-corrected chi connectivity index (χ3v) is 3.82. The van der Waals surface area contributed by atoms with E-state index in [0.717, 1.165) is 18.2 Å².